The van der Waals surface area contributed by atoms with Gasteiger partial charge >= 0.3 is 0 Å². The summed E-state index contributed by atoms with van der Waals surface area (Å²) >= 11 is 1.18. The zero-order valence-corrected chi connectivity index (χ0v) is 14.5. The molecule has 0 aliphatic rings. The Morgan fingerprint density at radius 1 is 1.27 bits per heavy atom. The van der Waals surface area contributed by atoms with Crippen molar-refractivity contribution in [2.24, 2.45) is 0 Å². The number of anilines is 1. The van der Waals surface area contributed by atoms with Gasteiger partial charge in [-0.05, 0) is 25.1 Å². The predicted octanol–water partition coefficient (Wildman–Crippen LogP) is 3.40. The maximum atomic E-state index is 12.1. The number of H-pyrrole nitrogens is 1. The number of aromatic nitrogens is 2. The number of nitro benzene ring substituents is 1. The number of benzene rings is 2. The topological polar surface area (TPSA) is 118 Å². The van der Waals surface area contributed by atoms with Gasteiger partial charge in [-0.25, -0.2) is 4.98 Å². The van der Waals surface area contributed by atoms with Crippen molar-refractivity contribution in [1.82, 2.24) is 9.97 Å². The summed E-state index contributed by atoms with van der Waals surface area (Å²) in [5.74, 6) is -0.222. The molecule has 3 rings (SSSR count). The van der Waals surface area contributed by atoms with Crippen LogP contribution in [-0.4, -0.2) is 32.3 Å². The number of nitrogens with one attached hydrogen (secondary N) is 2. The standard InChI is InChI=1S/C17H14N4O4S/c1-10(22)11-3-2-4-12(7-11)18-16(23)9-26-17-19-14-6-5-13(21(24)25)8-15(14)20-17/h2-8H,9H2,1H3,(H,18,23)(H,19,20). The first kappa shape index (κ1) is 17.6. The monoisotopic (exact) mass is 370 g/mol. The quantitative estimate of drug-likeness (QED) is 0.297. The number of Topliss-reactive ketones (excluding diaryl/α,β-unsaturated/α-hetero) is 1. The van der Waals surface area contributed by atoms with Crippen LogP contribution in [0.25, 0.3) is 11.0 Å². The normalized spacial score (nSPS) is 10.7. The fourth-order valence-electron chi connectivity index (χ4n) is 2.30. The SMILES string of the molecule is CC(=O)c1cccc(NC(=O)CSc2nc3ccc([N+](=O)[O-])cc3[nH]2)c1. The molecule has 9 heteroatoms. The second-order valence-corrected chi connectivity index (χ2v) is 6.44. The van der Waals surface area contributed by atoms with Crippen molar-refractivity contribution in [3.05, 3.63) is 58.1 Å². The molecule has 0 aliphatic heterocycles. The summed E-state index contributed by atoms with van der Waals surface area (Å²) in [4.78, 5) is 41.0. The molecule has 26 heavy (non-hydrogen) atoms. The van der Waals surface area contributed by atoms with Crippen LogP contribution in [0.1, 0.15) is 17.3 Å². The lowest BCUT2D eigenvalue weighted by Gasteiger charge is -2.05. The highest BCUT2D eigenvalue weighted by atomic mass is 32.2. The second kappa shape index (κ2) is 7.36. The van der Waals surface area contributed by atoms with Crippen molar-refractivity contribution in [1.29, 1.82) is 0 Å². The van der Waals surface area contributed by atoms with E-state index in [4.69, 9.17) is 0 Å². The molecule has 0 saturated carbocycles. The summed E-state index contributed by atoms with van der Waals surface area (Å²) in [5.41, 5.74) is 2.17. The highest BCUT2D eigenvalue weighted by molar-refractivity contribution is 7.99. The summed E-state index contributed by atoms with van der Waals surface area (Å²) in [6.45, 7) is 1.46. The van der Waals surface area contributed by atoms with Crippen molar-refractivity contribution < 1.29 is 14.5 Å². The van der Waals surface area contributed by atoms with Crippen LogP contribution in [0.2, 0.25) is 0 Å². The van der Waals surface area contributed by atoms with Crippen LogP contribution in [0, 0.1) is 10.1 Å². The van der Waals surface area contributed by atoms with Gasteiger partial charge in [0.1, 0.15) is 0 Å². The first-order valence-electron chi connectivity index (χ1n) is 7.60. The molecule has 8 nitrogen and oxygen atoms in total. The Morgan fingerprint density at radius 3 is 2.81 bits per heavy atom. The van der Waals surface area contributed by atoms with Crippen LogP contribution in [0.4, 0.5) is 11.4 Å². The van der Waals surface area contributed by atoms with Gasteiger partial charge in [-0.15, -0.1) is 0 Å². The molecule has 0 fully saturated rings. The van der Waals surface area contributed by atoms with Crippen LogP contribution < -0.4 is 5.32 Å². The van der Waals surface area contributed by atoms with Gasteiger partial charge in [0, 0.05) is 23.4 Å². The number of carbonyl (C=O) groups excluding carboxylic acids is 2. The lowest BCUT2D eigenvalue weighted by Crippen LogP contribution is -2.14. The Labute approximate surface area is 152 Å². The third-order valence-electron chi connectivity index (χ3n) is 3.55. The van der Waals surface area contributed by atoms with Crippen LogP contribution in [0.15, 0.2) is 47.6 Å². The average Bonchev–Trinajstić information content (AvgIpc) is 3.02. The third kappa shape index (κ3) is 4.06. The predicted molar refractivity (Wildman–Crippen MR) is 98.5 cm³/mol. The number of hydrogen-bond donors (Lipinski definition) is 2. The van der Waals surface area contributed by atoms with Crippen molar-refractivity contribution in [2.75, 3.05) is 11.1 Å². The van der Waals surface area contributed by atoms with E-state index in [9.17, 15) is 19.7 Å². The van der Waals surface area contributed by atoms with Gasteiger partial charge in [-0.3, -0.25) is 19.7 Å². The first-order chi connectivity index (χ1) is 12.4. The van der Waals surface area contributed by atoms with Crippen molar-refractivity contribution in [3.8, 4) is 0 Å². The zero-order valence-electron chi connectivity index (χ0n) is 13.7. The van der Waals surface area contributed by atoms with E-state index in [-0.39, 0.29) is 23.1 Å². The molecule has 132 valence electrons. The number of fused-ring (bicyclic) bond motifs is 1. The summed E-state index contributed by atoms with van der Waals surface area (Å²) in [6.07, 6.45) is 0. The Morgan fingerprint density at radius 2 is 2.08 bits per heavy atom. The molecule has 0 unspecified atom stereocenters. The van der Waals surface area contributed by atoms with E-state index in [2.05, 4.69) is 15.3 Å². The van der Waals surface area contributed by atoms with Crippen molar-refractivity contribution in [2.45, 2.75) is 12.1 Å². The van der Waals surface area contributed by atoms with Gasteiger partial charge < -0.3 is 10.3 Å². The van der Waals surface area contributed by atoms with E-state index >= 15 is 0 Å². The molecular formula is C17H14N4O4S. The van der Waals surface area contributed by atoms with Crippen LogP contribution in [0.5, 0.6) is 0 Å². The van der Waals surface area contributed by atoms with E-state index in [0.29, 0.717) is 27.4 Å². The average molecular weight is 370 g/mol. The number of nitro groups is 1. The van der Waals surface area contributed by atoms with Crippen molar-refractivity contribution >= 4 is 45.9 Å². The largest absolute Gasteiger partial charge is 0.333 e. The zero-order chi connectivity index (χ0) is 18.7. The minimum atomic E-state index is -0.476. The number of amides is 1. The Balaban J connectivity index is 1.64. The van der Waals surface area contributed by atoms with Gasteiger partial charge in [0.25, 0.3) is 5.69 Å². The first-order valence-corrected chi connectivity index (χ1v) is 8.59. The molecular weight excluding hydrogens is 356 g/mol. The molecule has 0 aliphatic carbocycles. The maximum Gasteiger partial charge on any atom is 0.271 e. The molecule has 0 saturated heterocycles. The fourth-order valence-corrected chi connectivity index (χ4v) is 2.99. The van der Waals surface area contributed by atoms with E-state index in [1.807, 2.05) is 0 Å². The van der Waals surface area contributed by atoms with Crippen molar-refractivity contribution in [3.63, 3.8) is 0 Å². The number of ketones is 1. The number of aromatic amines is 1. The van der Waals surface area contributed by atoms with E-state index in [1.54, 1.807) is 30.3 Å². The molecule has 1 aromatic heterocycles. The lowest BCUT2D eigenvalue weighted by molar-refractivity contribution is -0.384. The Kier molecular flexibility index (Phi) is 4.99. The minimum absolute atomic E-state index is 0.0270. The van der Waals surface area contributed by atoms with E-state index < -0.39 is 4.92 Å². The molecule has 0 spiro atoms. The van der Waals surface area contributed by atoms with E-state index in [0.717, 1.165) is 0 Å². The number of non-ortho nitro benzene ring substituents is 1. The van der Waals surface area contributed by atoms with Crippen LogP contribution >= 0.6 is 11.8 Å². The van der Waals surface area contributed by atoms with Crippen LogP contribution in [0.3, 0.4) is 0 Å². The number of thioether (sulfide) groups is 1. The Hall–Kier alpha value is -3.20. The highest BCUT2D eigenvalue weighted by Crippen LogP contribution is 2.23. The Bertz CT molecular complexity index is 1010. The number of carbonyl (C=O) groups is 2. The molecule has 0 atom stereocenters. The summed E-state index contributed by atoms with van der Waals surface area (Å²) in [6, 6.07) is 11.0. The molecule has 0 radical (unpaired) electrons. The summed E-state index contributed by atoms with van der Waals surface area (Å²) in [5, 5.41) is 14.0. The number of nitrogens with zero attached hydrogens (tertiary/aromatic N) is 2. The highest BCUT2D eigenvalue weighted by Gasteiger charge is 2.11. The van der Waals surface area contributed by atoms with E-state index in [1.165, 1.54) is 30.8 Å². The maximum absolute atomic E-state index is 12.1. The number of rotatable bonds is 6. The molecule has 1 amide bonds. The van der Waals surface area contributed by atoms with Gasteiger partial charge in [-0.1, -0.05) is 23.9 Å². The lowest BCUT2D eigenvalue weighted by atomic mass is 10.1. The third-order valence-corrected chi connectivity index (χ3v) is 4.42. The smallest absolute Gasteiger partial charge is 0.271 e. The molecule has 3 aromatic rings. The molecule has 2 aromatic carbocycles. The minimum Gasteiger partial charge on any atom is -0.333 e. The fraction of sp³-hybridized carbons (Fsp3) is 0.118. The summed E-state index contributed by atoms with van der Waals surface area (Å²) < 4.78 is 0. The number of imidazole rings is 1. The second-order valence-electron chi connectivity index (χ2n) is 5.47. The number of hydrogen-bond acceptors (Lipinski definition) is 6. The molecule has 0 bridgehead atoms. The van der Waals surface area contributed by atoms with Gasteiger partial charge in [0.05, 0.1) is 21.7 Å². The van der Waals surface area contributed by atoms with Crippen LogP contribution in [-0.2, 0) is 4.79 Å². The van der Waals surface area contributed by atoms with Gasteiger partial charge in [-0.2, -0.15) is 0 Å². The van der Waals surface area contributed by atoms with Gasteiger partial charge in [0.2, 0.25) is 5.91 Å². The summed E-state index contributed by atoms with van der Waals surface area (Å²) in [7, 11) is 0. The van der Waals surface area contributed by atoms with Gasteiger partial charge in [0.15, 0.2) is 10.9 Å². The molecule has 2 N–H and O–H groups in total. The molecule has 1 heterocycles.